The highest BCUT2D eigenvalue weighted by molar-refractivity contribution is 6.47. The highest BCUT2D eigenvalue weighted by Crippen LogP contribution is 2.24. The van der Waals surface area contributed by atoms with Gasteiger partial charge in [0.25, 0.3) is 17.7 Å². The van der Waals surface area contributed by atoms with Crippen molar-refractivity contribution in [3.63, 3.8) is 0 Å². The van der Waals surface area contributed by atoms with Gasteiger partial charge in [-0.2, -0.15) is 0 Å². The van der Waals surface area contributed by atoms with Crippen molar-refractivity contribution in [1.29, 1.82) is 0 Å². The number of hydrogen-bond donors (Lipinski definition) is 2. The second-order valence-electron chi connectivity index (χ2n) is 9.17. The predicted molar refractivity (Wildman–Crippen MR) is 153 cm³/mol. The number of carbonyl (C=O) groups is 3. The molecule has 0 spiro atoms. The van der Waals surface area contributed by atoms with Crippen LogP contribution in [0.3, 0.4) is 0 Å². The Kier molecular flexibility index (Phi) is 8.23. The molecule has 40 heavy (non-hydrogen) atoms. The number of benzene rings is 4. The molecule has 1 heterocycles. The smallest absolute Gasteiger partial charge is 0.278 e. The van der Waals surface area contributed by atoms with E-state index in [0.717, 1.165) is 21.6 Å². The number of anilines is 1. The molecule has 4 aromatic rings. The van der Waals surface area contributed by atoms with E-state index in [1.54, 1.807) is 36.4 Å². The second kappa shape index (κ2) is 12.3. The third kappa shape index (κ3) is 6.39. The third-order valence-corrected chi connectivity index (χ3v) is 6.69. The fourth-order valence-corrected chi connectivity index (χ4v) is 4.40. The first-order chi connectivity index (χ1) is 19.5. The standard InChI is InChI=1S/C32H26ClN3O4/c33-28-29(32(39)36(31(28)38)20-23-7-3-1-4-8-23)34-19-22-11-13-25(14-12-22)30(37)35-26-15-17-27(18-16-26)40-21-24-9-5-2-6-10-24/h1-18,34H,19-21H2,(H,35,37). The number of hydrogen-bond acceptors (Lipinski definition) is 5. The minimum Gasteiger partial charge on any atom is -0.489 e. The van der Waals surface area contributed by atoms with Crippen LogP contribution >= 0.6 is 11.6 Å². The predicted octanol–water partition coefficient (Wildman–Crippen LogP) is 5.63. The zero-order valence-corrected chi connectivity index (χ0v) is 22.2. The second-order valence-corrected chi connectivity index (χ2v) is 9.55. The largest absolute Gasteiger partial charge is 0.489 e. The van der Waals surface area contributed by atoms with Gasteiger partial charge in [-0.15, -0.1) is 0 Å². The molecular formula is C32H26ClN3O4. The van der Waals surface area contributed by atoms with E-state index in [1.807, 2.05) is 72.8 Å². The molecule has 0 bridgehead atoms. The summed E-state index contributed by atoms with van der Waals surface area (Å²) in [6, 6.07) is 33.3. The van der Waals surface area contributed by atoms with Gasteiger partial charge in [-0.1, -0.05) is 84.4 Å². The monoisotopic (exact) mass is 551 g/mol. The molecule has 1 aliphatic rings. The van der Waals surface area contributed by atoms with Crippen LogP contribution in [0.25, 0.3) is 0 Å². The van der Waals surface area contributed by atoms with Crippen LogP contribution in [0.15, 0.2) is 120 Å². The summed E-state index contributed by atoms with van der Waals surface area (Å²) in [4.78, 5) is 39.2. The minimum atomic E-state index is -0.527. The molecule has 0 saturated carbocycles. The van der Waals surface area contributed by atoms with Crippen molar-refractivity contribution in [2.45, 2.75) is 19.7 Å². The molecule has 0 fully saturated rings. The van der Waals surface area contributed by atoms with Crippen molar-refractivity contribution in [1.82, 2.24) is 10.2 Å². The van der Waals surface area contributed by atoms with Crippen LogP contribution in [0.4, 0.5) is 5.69 Å². The fourth-order valence-electron chi connectivity index (χ4n) is 4.15. The average Bonchev–Trinajstić information content (AvgIpc) is 3.19. The zero-order chi connectivity index (χ0) is 27.9. The van der Waals surface area contributed by atoms with E-state index in [4.69, 9.17) is 16.3 Å². The first-order valence-corrected chi connectivity index (χ1v) is 13.1. The normalized spacial score (nSPS) is 13.0. The summed E-state index contributed by atoms with van der Waals surface area (Å²) in [6.07, 6.45) is 0. The van der Waals surface area contributed by atoms with Crippen LogP contribution in [0.1, 0.15) is 27.0 Å². The molecule has 0 atom stereocenters. The van der Waals surface area contributed by atoms with Gasteiger partial charge in [-0.3, -0.25) is 19.3 Å². The molecular weight excluding hydrogens is 526 g/mol. The summed E-state index contributed by atoms with van der Waals surface area (Å²) in [7, 11) is 0. The van der Waals surface area contributed by atoms with Gasteiger partial charge >= 0.3 is 0 Å². The molecule has 1 aliphatic heterocycles. The Bertz CT molecular complexity index is 1540. The maximum atomic E-state index is 12.8. The van der Waals surface area contributed by atoms with E-state index in [0.29, 0.717) is 23.6 Å². The summed E-state index contributed by atoms with van der Waals surface area (Å²) >= 11 is 6.19. The molecule has 2 N–H and O–H groups in total. The number of ether oxygens (including phenoxy) is 1. The van der Waals surface area contributed by atoms with E-state index in [9.17, 15) is 14.4 Å². The van der Waals surface area contributed by atoms with E-state index >= 15 is 0 Å². The first-order valence-electron chi connectivity index (χ1n) is 12.7. The molecule has 8 heteroatoms. The number of imide groups is 1. The molecule has 0 aliphatic carbocycles. The van der Waals surface area contributed by atoms with E-state index < -0.39 is 11.8 Å². The van der Waals surface area contributed by atoms with Crippen molar-refractivity contribution in [2.24, 2.45) is 0 Å². The Morgan fingerprint density at radius 3 is 2.00 bits per heavy atom. The molecule has 7 nitrogen and oxygen atoms in total. The maximum absolute atomic E-state index is 12.8. The summed E-state index contributed by atoms with van der Waals surface area (Å²) in [6.45, 7) is 0.872. The van der Waals surface area contributed by atoms with Gasteiger partial charge in [0.15, 0.2) is 0 Å². The Hall–Kier alpha value is -4.88. The Balaban J connectivity index is 1.13. The molecule has 0 unspecified atom stereocenters. The van der Waals surface area contributed by atoms with Crippen LogP contribution < -0.4 is 15.4 Å². The first kappa shape index (κ1) is 26.7. The highest BCUT2D eigenvalue weighted by atomic mass is 35.5. The van der Waals surface area contributed by atoms with E-state index in [2.05, 4.69) is 10.6 Å². The van der Waals surface area contributed by atoms with E-state index in [-0.39, 0.29) is 29.7 Å². The number of nitrogens with zero attached hydrogens (tertiary/aromatic N) is 1. The van der Waals surface area contributed by atoms with Gasteiger partial charge < -0.3 is 15.4 Å². The molecule has 3 amide bonds. The van der Waals surface area contributed by atoms with Crippen molar-refractivity contribution >= 4 is 35.0 Å². The zero-order valence-electron chi connectivity index (χ0n) is 21.5. The summed E-state index contributed by atoms with van der Waals surface area (Å²) in [5.74, 6) is -0.539. The lowest BCUT2D eigenvalue weighted by Crippen LogP contribution is -2.33. The summed E-state index contributed by atoms with van der Waals surface area (Å²) < 4.78 is 5.79. The van der Waals surface area contributed by atoms with Crippen LogP contribution in [-0.2, 0) is 29.3 Å². The molecule has 200 valence electrons. The number of amides is 3. The quantitative estimate of drug-likeness (QED) is 0.250. The maximum Gasteiger partial charge on any atom is 0.278 e. The summed E-state index contributed by atoms with van der Waals surface area (Å²) in [5.41, 5.74) is 3.92. The number of nitrogens with one attached hydrogen (secondary N) is 2. The van der Waals surface area contributed by atoms with Crippen LogP contribution in [0, 0.1) is 0 Å². The molecule has 0 radical (unpaired) electrons. The Morgan fingerprint density at radius 1 is 0.725 bits per heavy atom. The summed E-state index contributed by atoms with van der Waals surface area (Å²) in [5, 5.41) is 5.72. The topological polar surface area (TPSA) is 87.7 Å². The van der Waals surface area contributed by atoms with Gasteiger partial charge in [-0.05, 0) is 53.1 Å². The van der Waals surface area contributed by atoms with Gasteiger partial charge in [-0.25, -0.2) is 0 Å². The van der Waals surface area contributed by atoms with Gasteiger partial charge in [0, 0.05) is 17.8 Å². The lowest BCUT2D eigenvalue weighted by atomic mass is 10.1. The van der Waals surface area contributed by atoms with Crippen molar-refractivity contribution in [3.05, 3.63) is 142 Å². The lowest BCUT2D eigenvalue weighted by molar-refractivity contribution is -0.138. The Labute approximate surface area is 237 Å². The van der Waals surface area contributed by atoms with Gasteiger partial charge in [0.1, 0.15) is 23.1 Å². The highest BCUT2D eigenvalue weighted by Gasteiger charge is 2.37. The van der Waals surface area contributed by atoms with E-state index in [1.165, 1.54) is 0 Å². The van der Waals surface area contributed by atoms with Crippen LogP contribution in [-0.4, -0.2) is 22.6 Å². The molecule has 0 saturated heterocycles. The van der Waals surface area contributed by atoms with Crippen molar-refractivity contribution < 1.29 is 19.1 Å². The molecule has 0 aromatic heterocycles. The minimum absolute atomic E-state index is 0.0700. The lowest BCUT2D eigenvalue weighted by Gasteiger charge is -2.15. The number of halogens is 1. The van der Waals surface area contributed by atoms with Crippen LogP contribution in [0.2, 0.25) is 0 Å². The fraction of sp³-hybridized carbons (Fsp3) is 0.0938. The van der Waals surface area contributed by atoms with Crippen molar-refractivity contribution in [2.75, 3.05) is 5.32 Å². The van der Waals surface area contributed by atoms with Gasteiger partial charge in [0.2, 0.25) is 0 Å². The van der Waals surface area contributed by atoms with Gasteiger partial charge in [0.05, 0.1) is 6.54 Å². The Morgan fingerprint density at radius 2 is 1.35 bits per heavy atom. The van der Waals surface area contributed by atoms with Crippen molar-refractivity contribution in [3.8, 4) is 5.75 Å². The van der Waals surface area contributed by atoms with Crippen LogP contribution in [0.5, 0.6) is 5.75 Å². The third-order valence-electron chi connectivity index (χ3n) is 6.34. The molecule has 4 aromatic carbocycles. The average molecular weight is 552 g/mol. The number of rotatable bonds is 10. The SMILES string of the molecule is O=C(Nc1ccc(OCc2ccccc2)cc1)c1ccc(CNC2=C(Cl)C(=O)N(Cc3ccccc3)C2=O)cc1. The number of carbonyl (C=O) groups excluding carboxylic acids is 3. The molecule has 5 rings (SSSR count).